The molecule has 0 aliphatic carbocycles. The third-order valence-corrected chi connectivity index (χ3v) is 2.37. The molecule has 0 aliphatic heterocycles. The highest BCUT2D eigenvalue weighted by Crippen LogP contribution is 2.15. The molecule has 1 aromatic heterocycles. The van der Waals surface area contributed by atoms with Crippen molar-refractivity contribution in [1.82, 2.24) is 10.5 Å². The molecule has 88 valence electrons. The van der Waals surface area contributed by atoms with Crippen LogP contribution < -0.4 is 5.32 Å². The molecular formula is C12H12N2O3. The zero-order valence-electron chi connectivity index (χ0n) is 9.30. The van der Waals surface area contributed by atoms with Crippen LogP contribution in [0.3, 0.4) is 0 Å². The Balaban J connectivity index is 2.04. The predicted octanol–water partition coefficient (Wildman–Crippen LogP) is 1.62. The van der Waals surface area contributed by atoms with Gasteiger partial charge in [-0.2, -0.15) is 0 Å². The van der Waals surface area contributed by atoms with Crippen LogP contribution in [0.4, 0.5) is 0 Å². The van der Waals surface area contributed by atoms with Gasteiger partial charge in [0.2, 0.25) is 0 Å². The Kier molecular flexibility index (Phi) is 3.09. The lowest BCUT2D eigenvalue weighted by atomic mass is 10.1. The van der Waals surface area contributed by atoms with Gasteiger partial charge >= 0.3 is 0 Å². The number of hydrogen-bond donors (Lipinski definition) is 2. The lowest BCUT2D eigenvalue weighted by Gasteiger charge is -2.06. The molecule has 1 heterocycles. The summed E-state index contributed by atoms with van der Waals surface area (Å²) in [6, 6.07) is 6.30. The minimum Gasteiger partial charge on any atom is -0.508 e. The molecule has 0 atom stereocenters. The van der Waals surface area contributed by atoms with Crippen molar-refractivity contribution in [3.8, 4) is 5.75 Å². The summed E-state index contributed by atoms with van der Waals surface area (Å²) in [4.78, 5) is 11.8. The maximum absolute atomic E-state index is 11.8. The van der Waals surface area contributed by atoms with Crippen molar-refractivity contribution < 1.29 is 14.4 Å². The van der Waals surface area contributed by atoms with E-state index in [9.17, 15) is 9.90 Å². The van der Waals surface area contributed by atoms with Crippen LogP contribution in [0.25, 0.3) is 0 Å². The molecule has 0 fully saturated rings. The van der Waals surface area contributed by atoms with Gasteiger partial charge in [-0.1, -0.05) is 5.16 Å². The van der Waals surface area contributed by atoms with Crippen molar-refractivity contribution in [2.24, 2.45) is 0 Å². The Hall–Kier alpha value is -2.30. The van der Waals surface area contributed by atoms with Gasteiger partial charge in [0.1, 0.15) is 5.75 Å². The summed E-state index contributed by atoms with van der Waals surface area (Å²) >= 11 is 0. The first-order chi connectivity index (χ1) is 8.16. The third-order valence-electron chi connectivity index (χ3n) is 2.37. The normalized spacial score (nSPS) is 10.2. The number of aryl methyl sites for hydroxylation is 1. The van der Waals surface area contributed by atoms with Gasteiger partial charge in [-0.25, -0.2) is 0 Å². The van der Waals surface area contributed by atoms with Gasteiger partial charge in [0.25, 0.3) is 5.91 Å². The van der Waals surface area contributed by atoms with Crippen molar-refractivity contribution in [3.63, 3.8) is 0 Å². The van der Waals surface area contributed by atoms with Crippen LogP contribution in [0.5, 0.6) is 5.75 Å². The first kappa shape index (κ1) is 11.2. The number of phenolic OH excluding ortho intramolecular Hbond substituents is 1. The average Bonchev–Trinajstić information content (AvgIpc) is 2.78. The molecule has 2 rings (SSSR count). The van der Waals surface area contributed by atoms with Crippen molar-refractivity contribution in [1.29, 1.82) is 0 Å². The number of phenols is 1. The summed E-state index contributed by atoms with van der Waals surface area (Å²) in [7, 11) is 0. The fourth-order valence-corrected chi connectivity index (χ4v) is 1.50. The number of benzene rings is 1. The second-order valence-electron chi connectivity index (χ2n) is 3.66. The maximum Gasteiger partial charge on any atom is 0.251 e. The van der Waals surface area contributed by atoms with Gasteiger partial charge in [-0.05, 0) is 30.7 Å². The topological polar surface area (TPSA) is 75.4 Å². The van der Waals surface area contributed by atoms with Gasteiger partial charge in [0.05, 0.1) is 12.7 Å². The van der Waals surface area contributed by atoms with Gasteiger partial charge < -0.3 is 14.9 Å². The molecule has 0 unspecified atom stereocenters. The number of aromatic hydroxyl groups is 1. The maximum atomic E-state index is 11.8. The van der Waals surface area contributed by atoms with Crippen LogP contribution in [0, 0.1) is 6.92 Å². The lowest BCUT2D eigenvalue weighted by molar-refractivity contribution is 0.0946. The number of carbonyl (C=O) groups excluding carboxylic acids is 1. The summed E-state index contributed by atoms with van der Waals surface area (Å²) < 4.78 is 4.86. The smallest absolute Gasteiger partial charge is 0.251 e. The van der Waals surface area contributed by atoms with Gasteiger partial charge in [0, 0.05) is 11.6 Å². The number of hydrogen-bond acceptors (Lipinski definition) is 4. The van der Waals surface area contributed by atoms with Gasteiger partial charge in [0.15, 0.2) is 5.76 Å². The highest BCUT2D eigenvalue weighted by molar-refractivity contribution is 5.95. The summed E-state index contributed by atoms with van der Waals surface area (Å²) in [6.07, 6.45) is 1.52. The Bertz CT molecular complexity index is 521. The van der Waals surface area contributed by atoms with Crippen LogP contribution in [0.1, 0.15) is 21.7 Å². The quantitative estimate of drug-likeness (QED) is 0.843. The van der Waals surface area contributed by atoms with Gasteiger partial charge in [-0.15, -0.1) is 0 Å². The largest absolute Gasteiger partial charge is 0.508 e. The molecule has 0 saturated carbocycles. The highest BCUT2D eigenvalue weighted by atomic mass is 16.5. The van der Waals surface area contributed by atoms with Crippen molar-refractivity contribution in [2.75, 3.05) is 0 Å². The number of rotatable bonds is 3. The monoisotopic (exact) mass is 232 g/mol. The molecule has 17 heavy (non-hydrogen) atoms. The summed E-state index contributed by atoms with van der Waals surface area (Å²) in [5.41, 5.74) is 1.25. The molecule has 5 heteroatoms. The van der Waals surface area contributed by atoms with Crippen molar-refractivity contribution >= 4 is 5.91 Å². The SMILES string of the molecule is Cc1cc(O)ccc1C(=O)NCc1ccno1. The van der Waals surface area contributed by atoms with E-state index in [4.69, 9.17) is 4.52 Å². The Morgan fingerprint density at radius 1 is 1.47 bits per heavy atom. The molecule has 2 aromatic rings. The van der Waals surface area contributed by atoms with E-state index in [1.807, 2.05) is 0 Å². The van der Waals surface area contributed by atoms with E-state index in [2.05, 4.69) is 10.5 Å². The second-order valence-corrected chi connectivity index (χ2v) is 3.66. The van der Waals surface area contributed by atoms with Crippen LogP contribution in [-0.4, -0.2) is 16.2 Å². The van der Waals surface area contributed by atoms with E-state index >= 15 is 0 Å². The number of amides is 1. The van der Waals surface area contributed by atoms with Gasteiger partial charge in [-0.3, -0.25) is 4.79 Å². The van der Waals surface area contributed by atoms with E-state index < -0.39 is 0 Å². The number of nitrogens with one attached hydrogen (secondary N) is 1. The van der Waals surface area contributed by atoms with E-state index in [1.54, 1.807) is 25.1 Å². The van der Waals surface area contributed by atoms with E-state index in [0.29, 0.717) is 17.9 Å². The number of nitrogens with zero attached hydrogens (tertiary/aromatic N) is 1. The fraction of sp³-hybridized carbons (Fsp3) is 0.167. The molecule has 2 N–H and O–H groups in total. The summed E-state index contributed by atoms with van der Waals surface area (Å²) in [5, 5.41) is 15.5. The molecule has 5 nitrogen and oxygen atoms in total. The Labute approximate surface area is 98.1 Å². The van der Waals surface area contributed by atoms with Crippen molar-refractivity contribution in [3.05, 3.63) is 47.3 Å². The minimum atomic E-state index is -0.209. The molecule has 1 amide bonds. The summed E-state index contributed by atoms with van der Waals surface area (Å²) in [6.45, 7) is 2.06. The van der Waals surface area contributed by atoms with E-state index in [0.717, 1.165) is 5.56 Å². The summed E-state index contributed by atoms with van der Waals surface area (Å²) in [5.74, 6) is 0.531. The zero-order chi connectivity index (χ0) is 12.3. The van der Waals surface area contributed by atoms with Crippen molar-refractivity contribution in [2.45, 2.75) is 13.5 Å². The average molecular weight is 232 g/mol. The number of aromatic nitrogens is 1. The standard InChI is InChI=1S/C12H12N2O3/c1-8-6-9(15)2-3-11(8)12(16)13-7-10-4-5-14-17-10/h2-6,15H,7H2,1H3,(H,13,16). The lowest BCUT2D eigenvalue weighted by Crippen LogP contribution is -2.23. The Morgan fingerprint density at radius 2 is 2.29 bits per heavy atom. The molecule has 0 saturated heterocycles. The first-order valence-corrected chi connectivity index (χ1v) is 5.14. The number of carbonyl (C=O) groups is 1. The van der Waals surface area contributed by atoms with Crippen LogP contribution in [0.15, 0.2) is 35.0 Å². The van der Waals surface area contributed by atoms with E-state index in [1.165, 1.54) is 12.3 Å². The highest BCUT2D eigenvalue weighted by Gasteiger charge is 2.09. The predicted molar refractivity (Wildman–Crippen MR) is 60.5 cm³/mol. The molecule has 0 radical (unpaired) electrons. The fourth-order valence-electron chi connectivity index (χ4n) is 1.50. The zero-order valence-corrected chi connectivity index (χ0v) is 9.30. The second kappa shape index (κ2) is 4.69. The molecule has 1 aromatic carbocycles. The van der Waals surface area contributed by atoms with E-state index in [-0.39, 0.29) is 11.7 Å². The van der Waals surface area contributed by atoms with Crippen LogP contribution in [0.2, 0.25) is 0 Å². The minimum absolute atomic E-state index is 0.147. The molecular weight excluding hydrogens is 220 g/mol. The van der Waals surface area contributed by atoms with Crippen LogP contribution >= 0.6 is 0 Å². The third kappa shape index (κ3) is 2.63. The molecule has 0 spiro atoms. The molecule has 0 bridgehead atoms. The Morgan fingerprint density at radius 3 is 2.94 bits per heavy atom. The molecule has 0 aliphatic rings. The first-order valence-electron chi connectivity index (χ1n) is 5.14. The van der Waals surface area contributed by atoms with Crippen LogP contribution in [-0.2, 0) is 6.54 Å².